The van der Waals surface area contributed by atoms with Gasteiger partial charge in [-0.05, 0) is 47.7 Å². The van der Waals surface area contributed by atoms with Crippen LogP contribution in [0.5, 0.6) is 17.2 Å². The monoisotopic (exact) mass is 548 g/mol. The van der Waals surface area contributed by atoms with Crippen molar-refractivity contribution < 1.29 is 23.8 Å². The number of nitrogens with zero attached hydrogens (tertiary/aromatic N) is 1. The number of benzene rings is 3. The Labute approximate surface area is 234 Å². The number of carbonyl (C=O) groups excluding carboxylic acids is 2. The first-order valence-electron chi connectivity index (χ1n) is 12.8. The number of hydrogen-bond acceptors (Lipinski definition) is 6. The summed E-state index contributed by atoms with van der Waals surface area (Å²) in [6.07, 6.45) is 0. The quantitative estimate of drug-likeness (QED) is 0.378. The van der Waals surface area contributed by atoms with E-state index in [2.05, 4.69) is 38.2 Å². The minimum absolute atomic E-state index is 0.00349. The second kappa shape index (κ2) is 11.6. The van der Waals surface area contributed by atoms with E-state index in [4.69, 9.17) is 14.2 Å². The van der Waals surface area contributed by atoms with Crippen LogP contribution in [-0.4, -0.2) is 49.8 Å². The van der Waals surface area contributed by atoms with Crippen molar-refractivity contribution in [2.24, 2.45) is 0 Å². The van der Waals surface area contributed by atoms with Crippen LogP contribution in [0.15, 0.2) is 60.7 Å². The van der Waals surface area contributed by atoms with Crippen LogP contribution in [0.4, 0.5) is 5.69 Å². The van der Waals surface area contributed by atoms with Crippen LogP contribution in [0.1, 0.15) is 53.2 Å². The van der Waals surface area contributed by atoms with Crippen LogP contribution in [-0.2, 0) is 10.2 Å². The maximum Gasteiger partial charge on any atom is 0.256 e. The van der Waals surface area contributed by atoms with E-state index >= 15 is 0 Å². The molecule has 8 heteroatoms. The summed E-state index contributed by atoms with van der Waals surface area (Å²) in [5.74, 6) is 1.07. The predicted molar refractivity (Wildman–Crippen MR) is 156 cm³/mol. The lowest BCUT2D eigenvalue weighted by molar-refractivity contribution is -0.119. The van der Waals surface area contributed by atoms with Gasteiger partial charge in [-0.3, -0.25) is 9.59 Å². The highest BCUT2D eigenvalue weighted by atomic mass is 32.2. The Morgan fingerprint density at radius 1 is 0.897 bits per heavy atom. The van der Waals surface area contributed by atoms with Gasteiger partial charge < -0.3 is 24.4 Å². The summed E-state index contributed by atoms with van der Waals surface area (Å²) in [5, 5.41) is 2.65. The standard InChI is InChI=1S/C31H36N2O5S/c1-19-8-14-23(15-9-19)32-28(34)24-18-39-30(20-10-12-22(13-11-20)31(2,3)4)33(24)29(35)21-16-25(36-5)27(38-7)26(17-21)37-6/h8-17,24,30H,18H2,1-7H3,(H,32,34). The molecule has 1 aliphatic rings. The lowest BCUT2D eigenvalue weighted by atomic mass is 9.86. The number of ether oxygens (including phenoxy) is 3. The van der Waals surface area contributed by atoms with Gasteiger partial charge in [-0.1, -0.05) is 62.7 Å². The molecule has 2 amide bonds. The third kappa shape index (κ3) is 6.01. The lowest BCUT2D eigenvalue weighted by Gasteiger charge is -2.30. The molecule has 3 aromatic rings. The van der Waals surface area contributed by atoms with Crippen molar-refractivity contribution >= 4 is 29.3 Å². The fraction of sp³-hybridized carbons (Fsp3) is 0.355. The summed E-state index contributed by atoms with van der Waals surface area (Å²) < 4.78 is 16.4. The Hall–Kier alpha value is -3.65. The van der Waals surface area contributed by atoms with Crippen molar-refractivity contribution in [3.8, 4) is 17.2 Å². The largest absolute Gasteiger partial charge is 0.493 e. The van der Waals surface area contributed by atoms with E-state index in [9.17, 15) is 9.59 Å². The fourth-order valence-corrected chi connectivity index (χ4v) is 6.01. The molecule has 1 saturated heterocycles. The SMILES string of the molecule is COc1cc(C(=O)N2C(C(=O)Nc3ccc(C)cc3)CSC2c2ccc(C(C)(C)C)cc2)cc(OC)c1OC. The molecule has 3 aromatic carbocycles. The molecule has 0 spiro atoms. The van der Waals surface area contributed by atoms with E-state index in [1.54, 1.807) is 28.8 Å². The Bertz CT molecular complexity index is 1310. The molecular weight excluding hydrogens is 512 g/mol. The number of carbonyl (C=O) groups is 2. The van der Waals surface area contributed by atoms with Crippen molar-refractivity contribution in [1.29, 1.82) is 0 Å². The van der Waals surface area contributed by atoms with Gasteiger partial charge in [0.15, 0.2) is 11.5 Å². The van der Waals surface area contributed by atoms with Crippen LogP contribution in [0.2, 0.25) is 0 Å². The van der Waals surface area contributed by atoms with Gasteiger partial charge in [0.05, 0.1) is 21.3 Å². The molecule has 206 valence electrons. The van der Waals surface area contributed by atoms with Crippen LogP contribution in [0, 0.1) is 6.92 Å². The minimum atomic E-state index is -0.685. The van der Waals surface area contributed by atoms with Gasteiger partial charge in [-0.2, -0.15) is 0 Å². The molecule has 7 nitrogen and oxygen atoms in total. The summed E-state index contributed by atoms with van der Waals surface area (Å²) in [6, 6.07) is 18.5. The summed E-state index contributed by atoms with van der Waals surface area (Å²) in [4.78, 5) is 29.4. The molecule has 4 rings (SSSR count). The zero-order chi connectivity index (χ0) is 28.3. The Morgan fingerprint density at radius 3 is 2.00 bits per heavy atom. The second-order valence-electron chi connectivity index (χ2n) is 10.6. The lowest BCUT2D eigenvalue weighted by Crippen LogP contribution is -2.45. The van der Waals surface area contributed by atoms with Gasteiger partial charge in [0.2, 0.25) is 11.7 Å². The van der Waals surface area contributed by atoms with Crippen molar-refractivity contribution in [3.05, 3.63) is 82.9 Å². The highest BCUT2D eigenvalue weighted by Crippen LogP contribution is 2.45. The van der Waals surface area contributed by atoms with E-state index < -0.39 is 6.04 Å². The van der Waals surface area contributed by atoms with Crippen LogP contribution < -0.4 is 19.5 Å². The molecule has 0 aliphatic carbocycles. The van der Waals surface area contributed by atoms with E-state index in [1.165, 1.54) is 26.9 Å². The molecule has 0 radical (unpaired) electrons. The molecule has 0 bridgehead atoms. The smallest absolute Gasteiger partial charge is 0.256 e. The van der Waals surface area contributed by atoms with Gasteiger partial charge in [0.25, 0.3) is 5.91 Å². The summed E-state index contributed by atoms with van der Waals surface area (Å²) in [6.45, 7) is 8.49. The number of nitrogens with one attached hydrogen (secondary N) is 1. The molecule has 0 aromatic heterocycles. The highest BCUT2D eigenvalue weighted by molar-refractivity contribution is 7.99. The zero-order valence-corrected chi connectivity index (χ0v) is 24.3. The second-order valence-corrected chi connectivity index (χ2v) is 11.7. The van der Waals surface area contributed by atoms with Gasteiger partial charge in [0, 0.05) is 17.0 Å². The number of aryl methyl sites for hydroxylation is 1. The number of amides is 2. The summed E-state index contributed by atoms with van der Waals surface area (Å²) >= 11 is 1.57. The van der Waals surface area contributed by atoms with E-state index in [1.807, 2.05) is 43.3 Å². The summed E-state index contributed by atoms with van der Waals surface area (Å²) in [5.41, 5.74) is 4.29. The zero-order valence-electron chi connectivity index (χ0n) is 23.5. The number of hydrogen-bond donors (Lipinski definition) is 1. The molecule has 1 heterocycles. The van der Waals surface area contributed by atoms with Crippen molar-refractivity contribution in [2.45, 2.75) is 44.5 Å². The third-order valence-electron chi connectivity index (χ3n) is 6.83. The Kier molecular flexibility index (Phi) is 8.45. The van der Waals surface area contributed by atoms with Gasteiger partial charge in [-0.15, -0.1) is 11.8 Å². The first-order chi connectivity index (χ1) is 18.6. The average molecular weight is 549 g/mol. The van der Waals surface area contributed by atoms with Crippen LogP contribution in [0.25, 0.3) is 0 Å². The number of methoxy groups -OCH3 is 3. The van der Waals surface area contributed by atoms with E-state index in [-0.39, 0.29) is 22.6 Å². The molecule has 0 saturated carbocycles. The van der Waals surface area contributed by atoms with Crippen LogP contribution in [0.3, 0.4) is 0 Å². The third-order valence-corrected chi connectivity index (χ3v) is 8.15. The highest BCUT2D eigenvalue weighted by Gasteiger charge is 2.43. The number of rotatable bonds is 7. The van der Waals surface area contributed by atoms with Crippen molar-refractivity contribution in [1.82, 2.24) is 4.90 Å². The Morgan fingerprint density at radius 2 is 1.49 bits per heavy atom. The molecule has 39 heavy (non-hydrogen) atoms. The fourth-order valence-electron chi connectivity index (χ4n) is 4.58. The number of anilines is 1. The van der Waals surface area contributed by atoms with Crippen molar-refractivity contribution in [2.75, 3.05) is 32.4 Å². The van der Waals surface area contributed by atoms with Gasteiger partial charge in [-0.25, -0.2) is 0 Å². The normalized spacial score (nSPS) is 17.1. The summed E-state index contributed by atoms with van der Waals surface area (Å²) in [7, 11) is 4.53. The molecular formula is C31H36N2O5S. The van der Waals surface area contributed by atoms with Crippen LogP contribution >= 0.6 is 11.8 Å². The van der Waals surface area contributed by atoms with Gasteiger partial charge in [0.1, 0.15) is 11.4 Å². The molecule has 1 fully saturated rings. The topological polar surface area (TPSA) is 77.1 Å². The first-order valence-corrected chi connectivity index (χ1v) is 13.8. The molecule has 2 atom stereocenters. The van der Waals surface area contributed by atoms with E-state index in [0.29, 0.717) is 34.3 Å². The Balaban J connectivity index is 1.73. The molecule has 2 unspecified atom stereocenters. The van der Waals surface area contributed by atoms with Gasteiger partial charge >= 0.3 is 0 Å². The minimum Gasteiger partial charge on any atom is -0.493 e. The average Bonchev–Trinajstić information content (AvgIpc) is 3.38. The molecule has 1 N–H and O–H groups in total. The van der Waals surface area contributed by atoms with Crippen molar-refractivity contribution in [3.63, 3.8) is 0 Å². The predicted octanol–water partition coefficient (Wildman–Crippen LogP) is 6.21. The number of thioether (sulfide) groups is 1. The maximum atomic E-state index is 14.2. The molecule has 1 aliphatic heterocycles. The first kappa shape index (κ1) is 28.4. The maximum absolute atomic E-state index is 14.2. The van der Waals surface area contributed by atoms with E-state index in [0.717, 1.165) is 11.1 Å².